The number of pyridine rings is 1. The van der Waals surface area contributed by atoms with Crippen LogP contribution < -0.4 is 5.32 Å². The average molecular weight is 446 g/mol. The van der Waals surface area contributed by atoms with Crippen LogP contribution in [0, 0.1) is 17.8 Å². The highest BCUT2D eigenvalue weighted by molar-refractivity contribution is 5.95. The first kappa shape index (κ1) is 21.6. The van der Waals surface area contributed by atoms with Gasteiger partial charge in [-0.15, -0.1) is 0 Å². The Balaban J connectivity index is 1.60. The van der Waals surface area contributed by atoms with E-state index in [-0.39, 0.29) is 12.0 Å². The van der Waals surface area contributed by atoms with Crippen molar-refractivity contribution < 1.29 is 31.1 Å². The molecule has 0 aromatic carbocycles. The molecule has 31 heavy (non-hydrogen) atoms. The van der Waals surface area contributed by atoms with E-state index in [1.54, 1.807) is 6.92 Å². The minimum Gasteiger partial charge on any atom is -0.349 e. The molecular weight excluding hydrogens is 426 g/mol. The zero-order valence-electron chi connectivity index (χ0n) is 16.5. The first-order chi connectivity index (χ1) is 14.4. The molecule has 2 fully saturated rings. The Morgan fingerprint density at radius 3 is 2.35 bits per heavy atom. The number of halogens is 6. The van der Waals surface area contributed by atoms with Crippen molar-refractivity contribution in [1.29, 1.82) is 0 Å². The Bertz CT molecular complexity index is 966. The van der Waals surface area contributed by atoms with Crippen molar-refractivity contribution in [3.05, 3.63) is 41.3 Å². The molecule has 2 aromatic rings. The van der Waals surface area contributed by atoms with Crippen molar-refractivity contribution in [1.82, 2.24) is 20.1 Å². The van der Waals surface area contributed by atoms with Crippen LogP contribution in [0.2, 0.25) is 0 Å². The standard InChI is InChI=1S/C20H20F6N4O/c1-10(14-7-11-2-3-12(14)6-11)29-18(31)15-9-28-30(17(15)20(24,25)26)16-5-4-13(8-27-16)19(21,22)23/h4-5,8-12,14H,2-3,6-7H2,1H3,(H,29,31)/t10-,11-,12-,14+/m0/s1. The van der Waals surface area contributed by atoms with E-state index in [2.05, 4.69) is 15.4 Å². The smallest absolute Gasteiger partial charge is 0.349 e. The van der Waals surface area contributed by atoms with E-state index in [4.69, 9.17) is 0 Å². The molecule has 2 aliphatic carbocycles. The number of fused-ring (bicyclic) bond motifs is 2. The lowest BCUT2D eigenvalue weighted by Gasteiger charge is -2.28. The quantitative estimate of drug-likeness (QED) is 0.683. The van der Waals surface area contributed by atoms with E-state index in [0.717, 1.165) is 37.9 Å². The molecule has 2 heterocycles. The van der Waals surface area contributed by atoms with Crippen molar-refractivity contribution in [3.8, 4) is 5.82 Å². The Kier molecular flexibility index (Phi) is 5.25. The van der Waals surface area contributed by atoms with Crippen molar-refractivity contribution >= 4 is 5.91 Å². The monoisotopic (exact) mass is 446 g/mol. The highest BCUT2D eigenvalue weighted by Crippen LogP contribution is 2.49. The van der Waals surface area contributed by atoms with Crippen LogP contribution in [0.3, 0.4) is 0 Å². The third-order valence-corrected chi connectivity index (χ3v) is 6.37. The molecule has 0 saturated heterocycles. The third kappa shape index (κ3) is 4.14. The summed E-state index contributed by atoms with van der Waals surface area (Å²) in [6.45, 7) is 1.79. The molecule has 5 nitrogen and oxygen atoms in total. The van der Waals surface area contributed by atoms with Crippen LogP contribution in [-0.2, 0) is 12.4 Å². The Morgan fingerprint density at radius 2 is 1.84 bits per heavy atom. The summed E-state index contributed by atoms with van der Waals surface area (Å²) >= 11 is 0. The Hall–Kier alpha value is -2.59. The first-order valence-corrected chi connectivity index (χ1v) is 9.95. The van der Waals surface area contributed by atoms with E-state index in [0.29, 0.717) is 28.8 Å². The summed E-state index contributed by atoms with van der Waals surface area (Å²) in [6.07, 6.45) is -4.18. The summed E-state index contributed by atoms with van der Waals surface area (Å²) in [5.41, 5.74) is -3.17. The van der Waals surface area contributed by atoms with E-state index in [9.17, 15) is 31.1 Å². The molecule has 0 unspecified atom stereocenters. The number of aromatic nitrogens is 3. The van der Waals surface area contributed by atoms with Crippen LogP contribution in [-0.4, -0.2) is 26.7 Å². The maximum Gasteiger partial charge on any atom is 0.434 e. The maximum absolute atomic E-state index is 13.8. The average Bonchev–Trinajstić information content (AvgIpc) is 3.41. The predicted octanol–water partition coefficient (Wildman–Crippen LogP) is 4.86. The van der Waals surface area contributed by atoms with Gasteiger partial charge in [0.05, 0.1) is 17.3 Å². The first-order valence-electron chi connectivity index (χ1n) is 9.95. The van der Waals surface area contributed by atoms with Crippen molar-refractivity contribution in [2.75, 3.05) is 0 Å². The fraction of sp³-hybridized carbons (Fsp3) is 0.550. The van der Waals surface area contributed by atoms with Crippen LogP contribution in [0.25, 0.3) is 5.82 Å². The fourth-order valence-electron chi connectivity index (χ4n) is 4.94. The van der Waals surface area contributed by atoms with Crippen molar-refractivity contribution in [3.63, 3.8) is 0 Å². The topological polar surface area (TPSA) is 59.8 Å². The second kappa shape index (κ2) is 7.52. The molecule has 0 spiro atoms. The molecule has 168 valence electrons. The van der Waals surface area contributed by atoms with Crippen LogP contribution in [0.4, 0.5) is 26.3 Å². The molecule has 2 bridgehead atoms. The highest BCUT2D eigenvalue weighted by atomic mass is 19.4. The molecule has 1 amide bonds. The highest BCUT2D eigenvalue weighted by Gasteiger charge is 2.44. The summed E-state index contributed by atoms with van der Waals surface area (Å²) in [5, 5.41) is 6.27. The summed E-state index contributed by atoms with van der Waals surface area (Å²) in [5.74, 6) is -0.0695. The summed E-state index contributed by atoms with van der Waals surface area (Å²) in [6, 6.07) is 1.10. The molecule has 1 N–H and O–H groups in total. The van der Waals surface area contributed by atoms with Gasteiger partial charge in [0.25, 0.3) is 5.91 Å². The normalized spacial score (nSPS) is 24.4. The summed E-state index contributed by atoms with van der Waals surface area (Å²) in [7, 11) is 0. The van der Waals surface area contributed by atoms with Gasteiger partial charge in [0.15, 0.2) is 11.5 Å². The maximum atomic E-state index is 13.8. The second-order valence-electron chi connectivity index (χ2n) is 8.32. The van der Waals surface area contributed by atoms with Crippen LogP contribution in [0.15, 0.2) is 24.5 Å². The number of carbonyl (C=O) groups is 1. The van der Waals surface area contributed by atoms with Gasteiger partial charge in [0, 0.05) is 12.2 Å². The third-order valence-electron chi connectivity index (χ3n) is 6.37. The lowest BCUT2D eigenvalue weighted by molar-refractivity contribution is -0.143. The summed E-state index contributed by atoms with van der Waals surface area (Å²) in [4.78, 5) is 16.1. The molecule has 11 heteroatoms. The minimum atomic E-state index is -4.97. The zero-order chi connectivity index (χ0) is 22.6. The largest absolute Gasteiger partial charge is 0.434 e. The number of nitrogens with zero attached hydrogens (tertiary/aromatic N) is 3. The number of hydrogen-bond donors (Lipinski definition) is 1. The van der Waals surface area contributed by atoms with Crippen LogP contribution >= 0.6 is 0 Å². The van der Waals surface area contributed by atoms with Gasteiger partial charge in [0.1, 0.15) is 0 Å². The van der Waals surface area contributed by atoms with Crippen LogP contribution in [0.1, 0.15) is 54.2 Å². The van der Waals surface area contributed by atoms with E-state index < -0.39 is 40.9 Å². The lowest BCUT2D eigenvalue weighted by atomic mass is 9.84. The van der Waals surface area contributed by atoms with Crippen molar-refractivity contribution in [2.24, 2.45) is 17.8 Å². The number of nitrogens with one attached hydrogen (secondary N) is 1. The zero-order valence-corrected chi connectivity index (χ0v) is 16.5. The van der Waals surface area contributed by atoms with Gasteiger partial charge < -0.3 is 5.32 Å². The molecule has 2 aliphatic rings. The predicted molar refractivity (Wildman–Crippen MR) is 97.2 cm³/mol. The lowest BCUT2D eigenvalue weighted by Crippen LogP contribution is -2.40. The molecule has 2 saturated carbocycles. The number of hydrogen-bond acceptors (Lipinski definition) is 3. The summed E-state index contributed by atoms with van der Waals surface area (Å²) < 4.78 is 79.8. The Labute approximate surface area is 173 Å². The van der Waals surface area contributed by atoms with Gasteiger partial charge in [-0.3, -0.25) is 4.79 Å². The number of carbonyl (C=O) groups excluding carboxylic acids is 1. The van der Waals surface area contributed by atoms with E-state index in [1.807, 2.05) is 0 Å². The molecule has 4 atom stereocenters. The number of alkyl halides is 6. The molecular formula is C20H20F6N4O. The van der Waals surface area contributed by atoms with Crippen molar-refractivity contribution in [2.45, 2.75) is 51.0 Å². The molecule has 0 aliphatic heterocycles. The number of rotatable bonds is 4. The molecule has 0 radical (unpaired) electrons. The number of amides is 1. The second-order valence-corrected chi connectivity index (χ2v) is 8.32. The van der Waals surface area contributed by atoms with Gasteiger partial charge in [-0.05, 0) is 56.1 Å². The molecule has 2 aromatic heterocycles. The van der Waals surface area contributed by atoms with Gasteiger partial charge in [0.2, 0.25) is 0 Å². The van der Waals surface area contributed by atoms with Gasteiger partial charge in [-0.2, -0.15) is 31.4 Å². The van der Waals surface area contributed by atoms with Gasteiger partial charge in [-0.1, -0.05) is 6.42 Å². The van der Waals surface area contributed by atoms with E-state index in [1.165, 1.54) is 0 Å². The fourth-order valence-corrected chi connectivity index (χ4v) is 4.94. The van der Waals surface area contributed by atoms with Crippen LogP contribution in [0.5, 0.6) is 0 Å². The molecule has 4 rings (SSSR count). The Morgan fingerprint density at radius 1 is 1.10 bits per heavy atom. The SMILES string of the molecule is C[C@H](NC(=O)c1cnn(-c2ccc(C(F)(F)F)cn2)c1C(F)(F)F)[C@H]1C[C@H]2CC[C@H]1C2. The minimum absolute atomic E-state index is 0.226. The van der Waals surface area contributed by atoms with Gasteiger partial charge in [-0.25, -0.2) is 9.67 Å². The van der Waals surface area contributed by atoms with E-state index >= 15 is 0 Å². The van der Waals surface area contributed by atoms with Gasteiger partial charge >= 0.3 is 12.4 Å².